The molecule has 18 heavy (non-hydrogen) atoms. The van der Waals surface area contributed by atoms with E-state index in [1.54, 1.807) is 0 Å². The Kier molecular flexibility index (Phi) is 9.24. The van der Waals surface area contributed by atoms with Gasteiger partial charge in [0.15, 0.2) is 0 Å². The van der Waals surface area contributed by atoms with E-state index in [9.17, 15) is 4.79 Å². The number of Topliss-reactive ketones (excluding diaryl/α,β-unsaturated/α-hetero) is 1. The summed E-state index contributed by atoms with van der Waals surface area (Å²) in [6, 6.07) is 0. The van der Waals surface area contributed by atoms with Gasteiger partial charge in [-0.2, -0.15) is 0 Å². The van der Waals surface area contributed by atoms with E-state index in [2.05, 4.69) is 6.92 Å². The van der Waals surface area contributed by atoms with E-state index >= 15 is 0 Å². The fourth-order valence-electron chi connectivity index (χ4n) is 3.09. The highest BCUT2D eigenvalue weighted by Gasteiger charge is 2.16. The van der Waals surface area contributed by atoms with Gasteiger partial charge in [0.25, 0.3) is 0 Å². The van der Waals surface area contributed by atoms with Crippen molar-refractivity contribution >= 4 is 5.78 Å². The van der Waals surface area contributed by atoms with Gasteiger partial charge in [-0.15, -0.1) is 0 Å². The number of rotatable bonds is 9. The lowest BCUT2D eigenvalue weighted by Gasteiger charge is -2.12. The third kappa shape index (κ3) is 7.89. The molecule has 0 amide bonds. The van der Waals surface area contributed by atoms with Crippen LogP contribution in [0.5, 0.6) is 0 Å². The SMILES string of the molecule is CCCCCCCCCCC1CCCCC(=O)C1. The highest BCUT2D eigenvalue weighted by atomic mass is 16.1. The Morgan fingerprint density at radius 2 is 1.61 bits per heavy atom. The predicted octanol–water partition coefficient (Wildman–Crippen LogP) is 5.67. The Morgan fingerprint density at radius 1 is 0.944 bits per heavy atom. The molecule has 1 aliphatic carbocycles. The summed E-state index contributed by atoms with van der Waals surface area (Å²) < 4.78 is 0. The van der Waals surface area contributed by atoms with E-state index in [0.29, 0.717) is 5.78 Å². The molecular weight excluding hydrogens is 220 g/mol. The third-order valence-electron chi connectivity index (χ3n) is 4.30. The fourth-order valence-corrected chi connectivity index (χ4v) is 3.09. The zero-order valence-corrected chi connectivity index (χ0v) is 12.4. The van der Waals surface area contributed by atoms with Crippen LogP contribution in [0.15, 0.2) is 0 Å². The van der Waals surface area contributed by atoms with Gasteiger partial charge in [-0.05, 0) is 12.3 Å². The van der Waals surface area contributed by atoms with Crippen LogP contribution in [0.4, 0.5) is 0 Å². The first-order valence-electron chi connectivity index (χ1n) is 8.34. The van der Waals surface area contributed by atoms with Gasteiger partial charge < -0.3 is 0 Å². The van der Waals surface area contributed by atoms with Crippen LogP contribution in [0.25, 0.3) is 0 Å². The predicted molar refractivity (Wildman–Crippen MR) is 78.8 cm³/mol. The van der Waals surface area contributed by atoms with Crippen LogP contribution in [0.2, 0.25) is 0 Å². The number of hydrogen-bond donors (Lipinski definition) is 0. The first kappa shape index (κ1) is 15.7. The van der Waals surface area contributed by atoms with Crippen LogP contribution >= 0.6 is 0 Å². The van der Waals surface area contributed by atoms with Crippen molar-refractivity contribution in [3.63, 3.8) is 0 Å². The summed E-state index contributed by atoms with van der Waals surface area (Å²) in [5.74, 6) is 1.25. The Bertz CT molecular complexity index is 210. The number of ketones is 1. The average molecular weight is 252 g/mol. The highest BCUT2D eigenvalue weighted by Crippen LogP contribution is 2.25. The maximum Gasteiger partial charge on any atom is 0.133 e. The second-order valence-corrected chi connectivity index (χ2v) is 6.12. The molecule has 0 spiro atoms. The topological polar surface area (TPSA) is 17.1 Å². The second-order valence-electron chi connectivity index (χ2n) is 6.12. The minimum atomic E-state index is 0.525. The van der Waals surface area contributed by atoms with Gasteiger partial charge in [0, 0.05) is 12.8 Å². The fraction of sp³-hybridized carbons (Fsp3) is 0.941. The lowest BCUT2D eigenvalue weighted by Crippen LogP contribution is -2.04. The largest absolute Gasteiger partial charge is 0.300 e. The van der Waals surface area contributed by atoms with Crippen molar-refractivity contribution in [2.45, 2.75) is 96.8 Å². The van der Waals surface area contributed by atoms with Crippen LogP contribution < -0.4 is 0 Å². The summed E-state index contributed by atoms with van der Waals surface area (Å²) in [5.41, 5.74) is 0. The minimum Gasteiger partial charge on any atom is -0.300 e. The monoisotopic (exact) mass is 252 g/mol. The number of carbonyl (C=O) groups excluding carboxylic acids is 1. The lowest BCUT2D eigenvalue weighted by atomic mass is 9.93. The molecular formula is C17H32O. The van der Waals surface area contributed by atoms with Gasteiger partial charge in [-0.3, -0.25) is 4.79 Å². The molecule has 1 atom stereocenters. The molecule has 0 aromatic rings. The normalized spacial score (nSPS) is 20.9. The lowest BCUT2D eigenvalue weighted by molar-refractivity contribution is -0.119. The Labute approximate surface area is 114 Å². The van der Waals surface area contributed by atoms with Gasteiger partial charge in [-0.1, -0.05) is 77.6 Å². The molecule has 1 aliphatic rings. The number of carbonyl (C=O) groups is 1. The van der Waals surface area contributed by atoms with Crippen molar-refractivity contribution in [1.82, 2.24) is 0 Å². The molecule has 1 fully saturated rings. The standard InChI is InChI=1S/C17H32O/c1-2-3-4-5-6-7-8-9-12-16-13-10-11-14-17(18)15-16/h16H,2-15H2,1H3. The molecule has 0 aliphatic heterocycles. The van der Waals surface area contributed by atoms with Crippen LogP contribution in [-0.2, 0) is 4.79 Å². The zero-order valence-electron chi connectivity index (χ0n) is 12.4. The molecule has 0 radical (unpaired) electrons. The molecule has 0 aromatic heterocycles. The molecule has 0 saturated heterocycles. The Hall–Kier alpha value is -0.330. The Balaban J connectivity index is 1.92. The van der Waals surface area contributed by atoms with E-state index in [0.717, 1.165) is 25.2 Å². The van der Waals surface area contributed by atoms with Crippen molar-refractivity contribution < 1.29 is 4.79 Å². The molecule has 1 rings (SSSR count). The van der Waals surface area contributed by atoms with Gasteiger partial charge in [-0.25, -0.2) is 0 Å². The van der Waals surface area contributed by atoms with Crippen molar-refractivity contribution in [3.05, 3.63) is 0 Å². The molecule has 1 heteroatoms. The maximum absolute atomic E-state index is 11.5. The van der Waals surface area contributed by atoms with Crippen LogP contribution in [-0.4, -0.2) is 5.78 Å². The summed E-state index contributed by atoms with van der Waals surface area (Å²) >= 11 is 0. The third-order valence-corrected chi connectivity index (χ3v) is 4.30. The summed E-state index contributed by atoms with van der Waals surface area (Å²) in [6.45, 7) is 2.27. The molecule has 0 bridgehead atoms. The Morgan fingerprint density at radius 3 is 2.33 bits per heavy atom. The van der Waals surface area contributed by atoms with Crippen molar-refractivity contribution in [1.29, 1.82) is 0 Å². The first-order valence-corrected chi connectivity index (χ1v) is 8.34. The number of unbranched alkanes of at least 4 members (excludes halogenated alkanes) is 7. The van der Waals surface area contributed by atoms with Crippen molar-refractivity contribution in [2.75, 3.05) is 0 Å². The summed E-state index contributed by atoms with van der Waals surface area (Å²) in [4.78, 5) is 11.5. The second kappa shape index (κ2) is 10.6. The smallest absolute Gasteiger partial charge is 0.133 e. The zero-order chi connectivity index (χ0) is 13.1. The van der Waals surface area contributed by atoms with Gasteiger partial charge >= 0.3 is 0 Å². The molecule has 0 aromatic carbocycles. The van der Waals surface area contributed by atoms with Crippen LogP contribution in [0.3, 0.4) is 0 Å². The van der Waals surface area contributed by atoms with E-state index in [4.69, 9.17) is 0 Å². The summed E-state index contributed by atoms with van der Waals surface area (Å²) in [5, 5.41) is 0. The molecule has 1 unspecified atom stereocenters. The van der Waals surface area contributed by atoms with E-state index < -0.39 is 0 Å². The molecule has 0 N–H and O–H groups in total. The quantitative estimate of drug-likeness (QED) is 0.382. The van der Waals surface area contributed by atoms with E-state index in [-0.39, 0.29) is 0 Å². The molecule has 1 nitrogen and oxygen atoms in total. The van der Waals surface area contributed by atoms with Crippen LogP contribution in [0.1, 0.15) is 96.8 Å². The maximum atomic E-state index is 11.5. The minimum absolute atomic E-state index is 0.525. The number of hydrogen-bond acceptors (Lipinski definition) is 1. The summed E-state index contributed by atoms with van der Waals surface area (Å²) in [7, 11) is 0. The highest BCUT2D eigenvalue weighted by molar-refractivity contribution is 5.78. The average Bonchev–Trinajstić information content (AvgIpc) is 2.57. The molecule has 0 heterocycles. The van der Waals surface area contributed by atoms with E-state index in [1.165, 1.54) is 70.6 Å². The van der Waals surface area contributed by atoms with E-state index in [1.807, 2.05) is 0 Å². The summed E-state index contributed by atoms with van der Waals surface area (Å²) in [6.07, 6.45) is 18.0. The first-order chi connectivity index (χ1) is 8.83. The van der Waals surface area contributed by atoms with Gasteiger partial charge in [0.2, 0.25) is 0 Å². The molecule has 106 valence electrons. The van der Waals surface area contributed by atoms with Gasteiger partial charge in [0.1, 0.15) is 5.78 Å². The van der Waals surface area contributed by atoms with Gasteiger partial charge in [0.05, 0.1) is 0 Å². The van der Waals surface area contributed by atoms with Crippen LogP contribution in [0, 0.1) is 5.92 Å². The van der Waals surface area contributed by atoms with Crippen molar-refractivity contribution in [2.24, 2.45) is 5.92 Å². The van der Waals surface area contributed by atoms with Crippen molar-refractivity contribution in [3.8, 4) is 0 Å². The molecule has 1 saturated carbocycles.